The zero-order valence-electron chi connectivity index (χ0n) is 13.0. The highest BCUT2D eigenvalue weighted by molar-refractivity contribution is 6.42. The molecule has 0 bridgehead atoms. The maximum absolute atomic E-state index is 11.9. The molecule has 3 rings (SSSR count). The second-order valence-electron chi connectivity index (χ2n) is 4.95. The highest BCUT2D eigenvalue weighted by atomic mass is 35.5. The summed E-state index contributed by atoms with van der Waals surface area (Å²) in [5, 5.41) is 13.9. The number of carbonyl (C=O) groups is 1. The van der Waals surface area contributed by atoms with Gasteiger partial charge in [-0.3, -0.25) is 5.32 Å². The Morgan fingerprint density at radius 2 is 1.77 bits per heavy atom. The van der Waals surface area contributed by atoms with E-state index in [4.69, 9.17) is 44.0 Å². The number of benzene rings is 2. The molecular weight excluding hydrogens is 403 g/mol. The van der Waals surface area contributed by atoms with Gasteiger partial charge in [-0.2, -0.15) is 0 Å². The molecule has 10 heteroatoms. The van der Waals surface area contributed by atoms with Gasteiger partial charge in [0.25, 0.3) is 5.89 Å². The van der Waals surface area contributed by atoms with Crippen LogP contribution in [-0.4, -0.2) is 16.2 Å². The molecule has 7 nitrogen and oxygen atoms in total. The lowest BCUT2D eigenvalue weighted by Gasteiger charge is -2.05. The molecule has 26 heavy (non-hydrogen) atoms. The van der Waals surface area contributed by atoms with E-state index in [1.54, 1.807) is 42.5 Å². The second kappa shape index (κ2) is 8.27. The Kier molecular flexibility index (Phi) is 5.82. The monoisotopic (exact) mass is 412 g/mol. The number of nitrogens with one attached hydrogen (secondary N) is 2. The molecule has 0 saturated heterocycles. The molecule has 0 aliphatic carbocycles. The van der Waals surface area contributed by atoms with Gasteiger partial charge in [-0.15, -0.1) is 5.10 Å². The minimum atomic E-state index is -0.534. The van der Waals surface area contributed by atoms with E-state index in [2.05, 4.69) is 20.8 Å². The largest absolute Gasteiger partial charge is 0.484 e. The molecule has 1 heterocycles. The molecule has 134 valence electrons. The number of carbonyl (C=O) groups excluding carboxylic acids is 1. The third-order valence-corrected chi connectivity index (χ3v) is 4.03. The van der Waals surface area contributed by atoms with Crippen molar-refractivity contribution in [3.05, 3.63) is 63.4 Å². The van der Waals surface area contributed by atoms with Crippen molar-refractivity contribution in [2.45, 2.75) is 6.61 Å². The smallest absolute Gasteiger partial charge is 0.327 e. The number of nitrogens with zero attached hydrogens (tertiary/aromatic N) is 2. The van der Waals surface area contributed by atoms with Crippen molar-refractivity contribution in [2.24, 2.45) is 0 Å². The summed E-state index contributed by atoms with van der Waals surface area (Å²) >= 11 is 17.5. The number of amides is 2. The van der Waals surface area contributed by atoms with Crippen molar-refractivity contribution >= 4 is 52.5 Å². The van der Waals surface area contributed by atoms with Crippen LogP contribution in [0.4, 0.5) is 16.5 Å². The van der Waals surface area contributed by atoms with Crippen molar-refractivity contribution in [3.63, 3.8) is 0 Å². The molecular formula is C16H11Cl3N4O3. The molecule has 1 aromatic heterocycles. The third-order valence-electron chi connectivity index (χ3n) is 3.04. The molecule has 0 aliphatic heterocycles. The van der Waals surface area contributed by atoms with Gasteiger partial charge >= 0.3 is 12.0 Å². The molecule has 0 atom stereocenters. The number of rotatable bonds is 5. The van der Waals surface area contributed by atoms with E-state index in [1.807, 2.05) is 0 Å². The summed E-state index contributed by atoms with van der Waals surface area (Å²) < 4.78 is 10.8. The maximum Gasteiger partial charge on any atom is 0.327 e. The van der Waals surface area contributed by atoms with Crippen LogP contribution >= 0.6 is 34.8 Å². The minimum absolute atomic E-state index is 0.00540. The highest BCUT2D eigenvalue weighted by Crippen LogP contribution is 2.26. The fourth-order valence-electron chi connectivity index (χ4n) is 1.87. The van der Waals surface area contributed by atoms with Crippen LogP contribution in [0.5, 0.6) is 5.75 Å². The first kappa shape index (κ1) is 18.3. The molecule has 2 amide bonds. The summed E-state index contributed by atoms with van der Waals surface area (Å²) in [6.07, 6.45) is 0. The van der Waals surface area contributed by atoms with Gasteiger partial charge in [0.1, 0.15) is 5.75 Å². The Balaban J connectivity index is 1.53. The Hall–Kier alpha value is -2.48. The van der Waals surface area contributed by atoms with Crippen molar-refractivity contribution < 1.29 is 13.9 Å². The van der Waals surface area contributed by atoms with Gasteiger partial charge in [0.15, 0.2) is 6.61 Å². The van der Waals surface area contributed by atoms with Crippen LogP contribution in [0, 0.1) is 0 Å². The Bertz CT molecular complexity index is 915. The van der Waals surface area contributed by atoms with Crippen molar-refractivity contribution in [1.29, 1.82) is 0 Å². The fraction of sp³-hybridized carbons (Fsp3) is 0.0625. The van der Waals surface area contributed by atoms with E-state index < -0.39 is 6.03 Å². The van der Waals surface area contributed by atoms with E-state index in [0.717, 1.165) is 0 Å². The average Bonchev–Trinajstić information content (AvgIpc) is 3.05. The van der Waals surface area contributed by atoms with Gasteiger partial charge in [-0.05, 0) is 36.4 Å². The maximum atomic E-state index is 11.9. The fourth-order valence-corrected chi connectivity index (χ4v) is 2.28. The molecule has 0 spiro atoms. The molecule has 0 aliphatic rings. The van der Waals surface area contributed by atoms with Gasteiger partial charge in [0, 0.05) is 16.8 Å². The number of anilines is 2. The van der Waals surface area contributed by atoms with Crippen LogP contribution in [0.1, 0.15) is 5.89 Å². The second-order valence-corrected chi connectivity index (χ2v) is 6.20. The zero-order valence-corrected chi connectivity index (χ0v) is 15.3. The molecule has 0 fully saturated rings. The SMILES string of the molecule is O=C(Nc1ccc(Cl)cc1)Nc1nnc(COc2ccc(Cl)c(Cl)c2)o1. The molecule has 3 aromatic rings. The average molecular weight is 414 g/mol. The van der Waals surface area contributed by atoms with Gasteiger partial charge in [-0.1, -0.05) is 39.9 Å². The Morgan fingerprint density at radius 3 is 2.50 bits per heavy atom. The summed E-state index contributed by atoms with van der Waals surface area (Å²) in [6.45, 7) is 0.00540. The normalized spacial score (nSPS) is 10.4. The Morgan fingerprint density at radius 1 is 1.00 bits per heavy atom. The number of urea groups is 1. The predicted molar refractivity (Wildman–Crippen MR) is 99.2 cm³/mol. The first-order valence-electron chi connectivity index (χ1n) is 7.23. The van der Waals surface area contributed by atoms with Crippen LogP contribution in [-0.2, 0) is 6.61 Å². The van der Waals surface area contributed by atoms with Crippen molar-refractivity contribution in [2.75, 3.05) is 10.6 Å². The summed E-state index contributed by atoms with van der Waals surface area (Å²) in [5.74, 6) is 0.672. The van der Waals surface area contributed by atoms with E-state index >= 15 is 0 Å². The first-order valence-corrected chi connectivity index (χ1v) is 8.37. The van der Waals surface area contributed by atoms with Crippen LogP contribution in [0.2, 0.25) is 15.1 Å². The molecule has 0 saturated carbocycles. The summed E-state index contributed by atoms with van der Waals surface area (Å²) in [5.41, 5.74) is 0.564. The molecule has 0 unspecified atom stereocenters. The first-order chi connectivity index (χ1) is 12.5. The van der Waals surface area contributed by atoms with Gasteiger partial charge in [0.05, 0.1) is 10.0 Å². The predicted octanol–water partition coefficient (Wildman–Crippen LogP) is 5.25. The summed E-state index contributed by atoms with van der Waals surface area (Å²) in [4.78, 5) is 11.9. The lowest BCUT2D eigenvalue weighted by Crippen LogP contribution is -2.19. The zero-order chi connectivity index (χ0) is 18.5. The molecule has 2 N–H and O–H groups in total. The van der Waals surface area contributed by atoms with Crippen molar-refractivity contribution in [1.82, 2.24) is 10.2 Å². The Labute approximate surface area is 163 Å². The van der Waals surface area contributed by atoms with E-state index in [1.165, 1.54) is 0 Å². The summed E-state index contributed by atoms with van der Waals surface area (Å²) in [7, 11) is 0. The highest BCUT2D eigenvalue weighted by Gasteiger charge is 2.11. The topological polar surface area (TPSA) is 89.3 Å². The van der Waals surface area contributed by atoms with E-state index in [9.17, 15) is 4.79 Å². The standard InChI is InChI=1S/C16H11Cl3N4O3/c17-9-1-3-10(4-2-9)20-15(24)21-16-23-22-14(26-16)8-25-11-5-6-12(18)13(19)7-11/h1-7H,8H2,(H2,20,21,23,24). The number of hydrogen-bond donors (Lipinski definition) is 2. The van der Waals surface area contributed by atoms with Crippen LogP contribution in [0.15, 0.2) is 46.9 Å². The lowest BCUT2D eigenvalue weighted by atomic mass is 10.3. The number of aromatic nitrogens is 2. The van der Waals surface area contributed by atoms with Crippen LogP contribution < -0.4 is 15.4 Å². The molecule has 0 radical (unpaired) electrons. The van der Waals surface area contributed by atoms with Crippen LogP contribution in [0.25, 0.3) is 0 Å². The van der Waals surface area contributed by atoms with Crippen molar-refractivity contribution in [3.8, 4) is 5.75 Å². The number of halogens is 3. The van der Waals surface area contributed by atoms with Crippen LogP contribution in [0.3, 0.4) is 0 Å². The van der Waals surface area contributed by atoms with Gasteiger partial charge < -0.3 is 14.5 Å². The molecule has 2 aromatic carbocycles. The quantitative estimate of drug-likeness (QED) is 0.596. The van der Waals surface area contributed by atoms with E-state index in [-0.39, 0.29) is 18.5 Å². The minimum Gasteiger partial charge on any atom is -0.484 e. The summed E-state index contributed by atoms with van der Waals surface area (Å²) in [6, 6.07) is 10.9. The lowest BCUT2D eigenvalue weighted by molar-refractivity contribution is 0.258. The third kappa shape index (κ3) is 5.01. The number of ether oxygens (including phenoxy) is 1. The van der Waals surface area contributed by atoms with E-state index in [0.29, 0.717) is 26.5 Å². The van der Waals surface area contributed by atoms with Gasteiger partial charge in [0.2, 0.25) is 0 Å². The number of hydrogen-bond acceptors (Lipinski definition) is 5. The van der Waals surface area contributed by atoms with Gasteiger partial charge in [-0.25, -0.2) is 4.79 Å².